The van der Waals surface area contributed by atoms with Gasteiger partial charge in [0.05, 0.1) is 32.7 Å². The van der Waals surface area contributed by atoms with Gasteiger partial charge in [-0.15, -0.1) is 5.10 Å². The number of carbonyl (C=O) groups excluding carboxylic acids is 1. The molecule has 1 saturated heterocycles. The molecule has 1 fully saturated rings. The SMILES string of the molecule is COc1cnc(C(=O)N2CCOC(c3nc4ccc(-c5cccnc5)cn4n3)C2)nc1.O=C(O)C(F)(F)F. The molecule has 38 heavy (non-hydrogen) atoms. The largest absolute Gasteiger partial charge is 0.494 e. The van der Waals surface area contributed by atoms with E-state index in [4.69, 9.17) is 19.4 Å². The van der Waals surface area contributed by atoms with Crippen LogP contribution >= 0.6 is 0 Å². The smallest absolute Gasteiger partial charge is 0.490 e. The molecule has 1 unspecified atom stereocenters. The summed E-state index contributed by atoms with van der Waals surface area (Å²) in [6, 6.07) is 7.75. The molecule has 0 radical (unpaired) electrons. The van der Waals surface area contributed by atoms with Gasteiger partial charge in [0, 0.05) is 36.3 Å². The lowest BCUT2D eigenvalue weighted by Crippen LogP contribution is -2.43. The van der Waals surface area contributed by atoms with E-state index in [0.717, 1.165) is 11.1 Å². The van der Waals surface area contributed by atoms with Crippen LogP contribution in [0.3, 0.4) is 0 Å². The molecule has 0 spiro atoms. The molecular formula is C23H20F3N7O5. The maximum atomic E-state index is 12.8. The van der Waals surface area contributed by atoms with Crippen LogP contribution in [-0.4, -0.2) is 84.4 Å². The quantitative estimate of drug-likeness (QED) is 0.417. The van der Waals surface area contributed by atoms with Crippen molar-refractivity contribution in [3.8, 4) is 16.9 Å². The zero-order chi connectivity index (χ0) is 27.3. The van der Waals surface area contributed by atoms with Crippen molar-refractivity contribution in [3.63, 3.8) is 0 Å². The van der Waals surface area contributed by atoms with Gasteiger partial charge in [-0.25, -0.2) is 24.3 Å². The number of carbonyl (C=O) groups is 2. The number of carboxylic acids is 1. The minimum Gasteiger partial charge on any atom is -0.494 e. The van der Waals surface area contributed by atoms with Gasteiger partial charge in [-0.1, -0.05) is 6.07 Å². The van der Waals surface area contributed by atoms with Crippen LogP contribution in [0.1, 0.15) is 22.5 Å². The van der Waals surface area contributed by atoms with Gasteiger partial charge in [0.1, 0.15) is 6.10 Å². The molecule has 0 saturated carbocycles. The van der Waals surface area contributed by atoms with Crippen LogP contribution in [0.15, 0.2) is 55.2 Å². The number of ether oxygens (including phenoxy) is 2. The number of halogens is 3. The van der Waals surface area contributed by atoms with Crippen LogP contribution in [0.25, 0.3) is 16.8 Å². The minimum atomic E-state index is -5.08. The highest BCUT2D eigenvalue weighted by Crippen LogP contribution is 2.23. The van der Waals surface area contributed by atoms with Gasteiger partial charge < -0.3 is 19.5 Å². The van der Waals surface area contributed by atoms with Crippen LogP contribution in [0.4, 0.5) is 13.2 Å². The fraction of sp³-hybridized carbons (Fsp3) is 0.261. The van der Waals surface area contributed by atoms with E-state index >= 15 is 0 Å². The van der Waals surface area contributed by atoms with E-state index in [1.165, 1.54) is 19.5 Å². The average molecular weight is 531 g/mol. The number of alkyl halides is 3. The molecule has 1 aliphatic heterocycles. The lowest BCUT2D eigenvalue weighted by molar-refractivity contribution is -0.192. The first-order valence-electron chi connectivity index (χ1n) is 11.0. The summed E-state index contributed by atoms with van der Waals surface area (Å²) in [5.41, 5.74) is 2.68. The number of pyridine rings is 2. The number of amides is 1. The molecule has 1 amide bonds. The van der Waals surface area contributed by atoms with Gasteiger partial charge in [0.15, 0.2) is 17.2 Å². The van der Waals surface area contributed by atoms with E-state index in [1.807, 2.05) is 30.5 Å². The number of fused-ring (bicyclic) bond motifs is 1. The Morgan fingerprint density at radius 3 is 2.50 bits per heavy atom. The Morgan fingerprint density at radius 1 is 1.13 bits per heavy atom. The van der Waals surface area contributed by atoms with Crippen molar-refractivity contribution in [2.24, 2.45) is 0 Å². The summed E-state index contributed by atoms with van der Waals surface area (Å²) < 4.78 is 44.4. The molecule has 0 aliphatic carbocycles. The second-order valence-electron chi connectivity index (χ2n) is 7.79. The van der Waals surface area contributed by atoms with E-state index in [2.05, 4.69) is 25.0 Å². The van der Waals surface area contributed by atoms with E-state index in [0.29, 0.717) is 36.9 Å². The first kappa shape index (κ1) is 26.4. The summed E-state index contributed by atoms with van der Waals surface area (Å²) in [5, 5.41) is 11.7. The maximum Gasteiger partial charge on any atom is 0.490 e. The molecule has 0 aromatic carbocycles. The normalized spacial score (nSPS) is 15.5. The zero-order valence-electron chi connectivity index (χ0n) is 19.7. The molecule has 0 bridgehead atoms. The Labute approximate surface area is 212 Å². The fourth-order valence-electron chi connectivity index (χ4n) is 3.40. The topological polar surface area (TPSA) is 145 Å². The van der Waals surface area contributed by atoms with E-state index in [1.54, 1.807) is 21.8 Å². The number of morpholine rings is 1. The van der Waals surface area contributed by atoms with Crippen LogP contribution in [0, 0.1) is 0 Å². The minimum absolute atomic E-state index is 0.116. The fourth-order valence-corrected chi connectivity index (χ4v) is 3.40. The molecule has 1 aliphatic rings. The van der Waals surface area contributed by atoms with Crippen molar-refractivity contribution >= 4 is 17.5 Å². The van der Waals surface area contributed by atoms with Gasteiger partial charge >= 0.3 is 12.1 Å². The number of rotatable bonds is 4. The summed E-state index contributed by atoms with van der Waals surface area (Å²) >= 11 is 0. The maximum absolute atomic E-state index is 12.8. The van der Waals surface area contributed by atoms with Crippen LogP contribution in [0.5, 0.6) is 5.75 Å². The Hall–Kier alpha value is -4.66. The van der Waals surface area contributed by atoms with Crippen LogP contribution in [0.2, 0.25) is 0 Å². The molecule has 1 N–H and O–H groups in total. The number of carboxylic acid groups (broad SMARTS) is 1. The zero-order valence-corrected chi connectivity index (χ0v) is 19.7. The van der Waals surface area contributed by atoms with Crippen molar-refractivity contribution in [2.45, 2.75) is 12.3 Å². The standard InChI is InChI=1S/C21H19N7O3.C2HF3O2/c1-30-16-10-23-20(24-11-16)21(29)27-7-8-31-17(13-27)19-25-18-5-4-15(12-28(18)26-19)14-3-2-6-22-9-14;3-2(4,5)1(6)7/h2-6,9-12,17H,7-8,13H2,1H3;(H,6,7). The first-order chi connectivity index (χ1) is 18.2. The van der Waals surface area contributed by atoms with Crippen molar-refractivity contribution in [1.29, 1.82) is 0 Å². The number of aromatic nitrogens is 6. The third-order valence-electron chi connectivity index (χ3n) is 5.28. The molecule has 1 atom stereocenters. The van der Waals surface area contributed by atoms with Crippen molar-refractivity contribution < 1.29 is 37.3 Å². The van der Waals surface area contributed by atoms with E-state index in [-0.39, 0.29) is 11.7 Å². The Bertz CT molecular complexity index is 1410. The van der Waals surface area contributed by atoms with Gasteiger partial charge in [-0.3, -0.25) is 9.78 Å². The van der Waals surface area contributed by atoms with E-state index < -0.39 is 18.2 Å². The lowest BCUT2D eigenvalue weighted by atomic mass is 10.1. The highest BCUT2D eigenvalue weighted by atomic mass is 19.4. The van der Waals surface area contributed by atoms with Gasteiger partial charge in [-0.05, 0) is 18.2 Å². The monoisotopic (exact) mass is 531 g/mol. The number of nitrogens with zero attached hydrogens (tertiary/aromatic N) is 7. The third kappa shape index (κ3) is 6.18. The lowest BCUT2D eigenvalue weighted by Gasteiger charge is -2.31. The second kappa shape index (κ2) is 11.2. The first-order valence-corrected chi connectivity index (χ1v) is 11.0. The highest BCUT2D eigenvalue weighted by Gasteiger charge is 2.38. The Balaban J connectivity index is 0.000000426. The molecular weight excluding hydrogens is 511 g/mol. The van der Waals surface area contributed by atoms with Crippen molar-refractivity contribution in [3.05, 3.63) is 66.9 Å². The number of hydrogen-bond acceptors (Lipinski definition) is 9. The summed E-state index contributed by atoms with van der Waals surface area (Å²) in [6.07, 6.45) is 2.87. The molecule has 12 nitrogen and oxygen atoms in total. The van der Waals surface area contributed by atoms with Crippen LogP contribution < -0.4 is 4.74 Å². The predicted octanol–water partition coefficient (Wildman–Crippen LogP) is 2.44. The van der Waals surface area contributed by atoms with Crippen LogP contribution in [-0.2, 0) is 9.53 Å². The molecule has 5 heterocycles. The molecule has 15 heteroatoms. The second-order valence-corrected chi connectivity index (χ2v) is 7.79. The number of hydrogen-bond donors (Lipinski definition) is 1. The summed E-state index contributed by atoms with van der Waals surface area (Å²) in [6.45, 7) is 1.15. The molecule has 5 rings (SSSR count). The average Bonchev–Trinajstić information content (AvgIpc) is 3.37. The van der Waals surface area contributed by atoms with Gasteiger partial charge in [0.25, 0.3) is 5.91 Å². The number of aliphatic carboxylic acids is 1. The van der Waals surface area contributed by atoms with Gasteiger partial charge in [0.2, 0.25) is 5.82 Å². The predicted molar refractivity (Wildman–Crippen MR) is 123 cm³/mol. The molecule has 198 valence electrons. The molecule has 4 aromatic rings. The third-order valence-corrected chi connectivity index (χ3v) is 5.28. The number of methoxy groups -OCH3 is 1. The summed E-state index contributed by atoms with van der Waals surface area (Å²) in [7, 11) is 1.52. The van der Waals surface area contributed by atoms with E-state index in [9.17, 15) is 18.0 Å². The Morgan fingerprint density at radius 2 is 1.87 bits per heavy atom. The van der Waals surface area contributed by atoms with Gasteiger partial charge in [-0.2, -0.15) is 13.2 Å². The summed E-state index contributed by atoms with van der Waals surface area (Å²) in [5.74, 6) is -1.89. The van der Waals surface area contributed by atoms with Crippen molar-refractivity contribution in [2.75, 3.05) is 26.8 Å². The Kier molecular flexibility index (Phi) is 7.76. The highest BCUT2D eigenvalue weighted by molar-refractivity contribution is 5.90. The molecule has 4 aromatic heterocycles. The van der Waals surface area contributed by atoms with Crippen molar-refractivity contribution in [1.82, 2.24) is 34.4 Å². The summed E-state index contributed by atoms with van der Waals surface area (Å²) in [4.78, 5) is 40.3.